The molecule has 0 fully saturated rings. The van der Waals surface area contributed by atoms with Gasteiger partial charge in [0.1, 0.15) is 0 Å². The molecule has 0 aromatic rings. The summed E-state index contributed by atoms with van der Waals surface area (Å²) in [7, 11) is 0. The molecule has 0 aliphatic rings. The van der Waals surface area contributed by atoms with Gasteiger partial charge in [-0.15, -0.1) is 11.6 Å². The molecule has 1 nitrogen and oxygen atoms in total. The highest BCUT2D eigenvalue weighted by Crippen LogP contribution is 2.14. The largest absolute Gasteiger partial charge is 0.381 e. The minimum Gasteiger partial charge on any atom is -0.381 e. The molecule has 2 unspecified atom stereocenters. The number of unbranched alkanes of at least 4 members (excludes halogenated alkanes) is 1. The number of hydrogen-bond acceptors (Lipinski definition) is 1. The first-order chi connectivity index (χ1) is 7.74. The molecule has 0 saturated carbocycles. The average Bonchev–Trinajstić information content (AvgIpc) is 2.28. The highest BCUT2D eigenvalue weighted by molar-refractivity contribution is 6.17. The molecule has 0 radical (unpaired) electrons. The van der Waals surface area contributed by atoms with Crippen molar-refractivity contribution in [2.45, 2.75) is 59.3 Å². The third-order valence-corrected chi connectivity index (χ3v) is 3.47. The normalized spacial score (nSPS) is 15.0. The Morgan fingerprint density at radius 1 is 1.12 bits per heavy atom. The van der Waals surface area contributed by atoms with Crippen LogP contribution in [-0.2, 0) is 4.74 Å². The van der Waals surface area contributed by atoms with Crippen molar-refractivity contribution < 1.29 is 4.74 Å². The molecule has 98 valence electrons. The Bertz CT molecular complexity index is 139. The van der Waals surface area contributed by atoms with Crippen molar-refractivity contribution in [3.63, 3.8) is 0 Å². The first-order valence-electron chi connectivity index (χ1n) is 6.88. The average molecular weight is 249 g/mol. The fraction of sp³-hybridized carbons (Fsp3) is 1.00. The fourth-order valence-electron chi connectivity index (χ4n) is 1.76. The Morgan fingerprint density at radius 3 is 2.44 bits per heavy atom. The van der Waals surface area contributed by atoms with Crippen molar-refractivity contribution in [3.05, 3.63) is 0 Å². The first kappa shape index (κ1) is 16.2. The molecule has 0 heterocycles. The summed E-state index contributed by atoms with van der Waals surface area (Å²) in [6.07, 6.45) is 7.46. The van der Waals surface area contributed by atoms with Crippen LogP contribution in [0.1, 0.15) is 59.3 Å². The van der Waals surface area contributed by atoms with Gasteiger partial charge in [-0.3, -0.25) is 0 Å². The van der Waals surface area contributed by atoms with Gasteiger partial charge in [0.15, 0.2) is 0 Å². The van der Waals surface area contributed by atoms with Crippen LogP contribution in [0, 0.1) is 11.8 Å². The molecule has 0 aromatic heterocycles. The topological polar surface area (TPSA) is 9.23 Å². The zero-order chi connectivity index (χ0) is 12.2. The molecule has 2 atom stereocenters. The minimum atomic E-state index is 0.702. The first-order valence-corrected chi connectivity index (χ1v) is 7.41. The second-order valence-electron chi connectivity index (χ2n) is 4.86. The molecule has 16 heavy (non-hydrogen) atoms. The van der Waals surface area contributed by atoms with Crippen LogP contribution in [0.4, 0.5) is 0 Å². The number of halogens is 1. The van der Waals surface area contributed by atoms with Crippen molar-refractivity contribution in [1.29, 1.82) is 0 Å². The van der Waals surface area contributed by atoms with Crippen LogP contribution in [0.15, 0.2) is 0 Å². The summed E-state index contributed by atoms with van der Waals surface area (Å²) < 4.78 is 5.76. The van der Waals surface area contributed by atoms with Gasteiger partial charge in [-0.25, -0.2) is 0 Å². The van der Waals surface area contributed by atoms with E-state index < -0.39 is 0 Å². The highest BCUT2D eigenvalue weighted by atomic mass is 35.5. The number of alkyl halides is 1. The van der Waals surface area contributed by atoms with E-state index in [0.717, 1.165) is 37.9 Å². The number of ether oxygens (including phenoxy) is 1. The van der Waals surface area contributed by atoms with Gasteiger partial charge in [0.25, 0.3) is 0 Å². The molecule has 0 amide bonds. The molecule has 0 aromatic carbocycles. The van der Waals surface area contributed by atoms with Crippen molar-refractivity contribution in [2.24, 2.45) is 11.8 Å². The van der Waals surface area contributed by atoms with Gasteiger partial charge in [0.2, 0.25) is 0 Å². The smallest absolute Gasteiger partial charge is 0.0494 e. The predicted molar refractivity (Wildman–Crippen MR) is 73.2 cm³/mol. The molecule has 0 aliphatic carbocycles. The predicted octanol–water partition coefficient (Wildman–Crippen LogP) is 4.87. The van der Waals surface area contributed by atoms with Crippen molar-refractivity contribution in [3.8, 4) is 0 Å². The van der Waals surface area contributed by atoms with E-state index in [1.54, 1.807) is 0 Å². The lowest BCUT2D eigenvalue weighted by atomic mass is 10.0. The summed E-state index contributed by atoms with van der Waals surface area (Å²) in [5.74, 6) is 2.24. The summed E-state index contributed by atoms with van der Waals surface area (Å²) in [5, 5.41) is 0. The quantitative estimate of drug-likeness (QED) is 0.374. The van der Waals surface area contributed by atoms with Crippen LogP contribution >= 0.6 is 11.6 Å². The van der Waals surface area contributed by atoms with E-state index in [1.165, 1.54) is 25.7 Å². The van der Waals surface area contributed by atoms with Gasteiger partial charge in [-0.05, 0) is 31.1 Å². The van der Waals surface area contributed by atoms with Crippen LogP contribution < -0.4 is 0 Å². The maximum absolute atomic E-state index is 5.76. The molecule has 0 saturated heterocycles. The Kier molecular flexibility index (Phi) is 11.9. The van der Waals surface area contributed by atoms with E-state index in [1.807, 2.05) is 0 Å². The van der Waals surface area contributed by atoms with Crippen LogP contribution in [-0.4, -0.2) is 19.1 Å². The Morgan fingerprint density at radius 2 is 1.88 bits per heavy atom. The van der Waals surface area contributed by atoms with Gasteiger partial charge in [-0.1, -0.05) is 40.0 Å². The minimum absolute atomic E-state index is 0.702. The third kappa shape index (κ3) is 9.47. The maximum atomic E-state index is 5.76. The Labute approximate surface area is 107 Å². The number of rotatable bonds is 11. The lowest BCUT2D eigenvalue weighted by molar-refractivity contribution is 0.0847. The van der Waals surface area contributed by atoms with Crippen molar-refractivity contribution in [1.82, 2.24) is 0 Å². The number of hydrogen-bond donors (Lipinski definition) is 0. The molecular formula is C14H29ClO. The van der Waals surface area contributed by atoms with Gasteiger partial charge >= 0.3 is 0 Å². The van der Waals surface area contributed by atoms with Crippen LogP contribution in [0.25, 0.3) is 0 Å². The fourth-order valence-corrected chi connectivity index (χ4v) is 2.14. The van der Waals surface area contributed by atoms with Crippen LogP contribution in [0.2, 0.25) is 0 Å². The van der Waals surface area contributed by atoms with E-state index in [4.69, 9.17) is 16.3 Å². The SMILES string of the molecule is CCCCC(CC)COCCC(C)CCCl. The summed E-state index contributed by atoms with van der Waals surface area (Å²) in [4.78, 5) is 0. The summed E-state index contributed by atoms with van der Waals surface area (Å²) in [5.41, 5.74) is 0. The molecule has 0 N–H and O–H groups in total. The second-order valence-corrected chi connectivity index (χ2v) is 5.24. The summed E-state index contributed by atoms with van der Waals surface area (Å²) in [6.45, 7) is 8.62. The monoisotopic (exact) mass is 248 g/mol. The molecule has 0 bridgehead atoms. The van der Waals surface area contributed by atoms with E-state index in [-0.39, 0.29) is 0 Å². The summed E-state index contributed by atoms with van der Waals surface area (Å²) >= 11 is 5.70. The van der Waals surface area contributed by atoms with Crippen molar-refractivity contribution in [2.75, 3.05) is 19.1 Å². The second kappa shape index (κ2) is 11.7. The Hall–Kier alpha value is 0.250. The standard InChI is InChI=1S/C14H29ClO/c1-4-6-7-14(5-2)12-16-11-9-13(3)8-10-15/h13-14H,4-12H2,1-3H3. The lowest BCUT2D eigenvalue weighted by Crippen LogP contribution is -2.11. The molecule has 2 heteroatoms. The van der Waals surface area contributed by atoms with Gasteiger partial charge < -0.3 is 4.74 Å². The molecule has 0 spiro atoms. The zero-order valence-corrected chi connectivity index (χ0v) is 12.1. The highest BCUT2D eigenvalue weighted by Gasteiger charge is 2.06. The van der Waals surface area contributed by atoms with E-state index in [0.29, 0.717) is 5.92 Å². The van der Waals surface area contributed by atoms with E-state index >= 15 is 0 Å². The van der Waals surface area contributed by atoms with E-state index in [2.05, 4.69) is 20.8 Å². The van der Waals surface area contributed by atoms with Crippen molar-refractivity contribution >= 4 is 11.6 Å². The molecule has 0 aliphatic heterocycles. The zero-order valence-electron chi connectivity index (χ0n) is 11.3. The van der Waals surface area contributed by atoms with Crippen LogP contribution in [0.5, 0.6) is 0 Å². The molecular weight excluding hydrogens is 220 g/mol. The molecule has 0 rings (SSSR count). The summed E-state index contributed by atoms with van der Waals surface area (Å²) in [6, 6.07) is 0. The van der Waals surface area contributed by atoms with Crippen LogP contribution in [0.3, 0.4) is 0 Å². The lowest BCUT2D eigenvalue weighted by Gasteiger charge is -2.15. The van der Waals surface area contributed by atoms with Gasteiger partial charge in [-0.2, -0.15) is 0 Å². The van der Waals surface area contributed by atoms with Gasteiger partial charge in [0.05, 0.1) is 0 Å². The maximum Gasteiger partial charge on any atom is 0.0494 e. The van der Waals surface area contributed by atoms with Gasteiger partial charge in [0, 0.05) is 19.1 Å². The van der Waals surface area contributed by atoms with E-state index in [9.17, 15) is 0 Å². The third-order valence-electron chi connectivity index (χ3n) is 3.25. The Balaban J connectivity index is 3.39.